The van der Waals surface area contributed by atoms with Gasteiger partial charge in [0.15, 0.2) is 0 Å². The summed E-state index contributed by atoms with van der Waals surface area (Å²) in [5.41, 5.74) is 1.43. The van der Waals surface area contributed by atoms with E-state index in [-0.39, 0.29) is 0 Å². The van der Waals surface area contributed by atoms with Gasteiger partial charge in [-0.3, -0.25) is 4.90 Å². The second-order valence-electron chi connectivity index (χ2n) is 7.03. The molecular weight excluding hydrogens is 318 g/mol. The maximum atomic E-state index is 4.55. The van der Waals surface area contributed by atoms with Gasteiger partial charge in [0.2, 0.25) is 0 Å². The van der Waals surface area contributed by atoms with Crippen LogP contribution < -0.4 is 0 Å². The van der Waals surface area contributed by atoms with E-state index in [1.165, 1.54) is 29.1 Å². The molecule has 3 heterocycles. The fraction of sp³-hybridized carbons (Fsp3) is 0.667. The van der Waals surface area contributed by atoms with E-state index in [2.05, 4.69) is 64.0 Å². The molecule has 0 aromatic carbocycles. The van der Waals surface area contributed by atoms with Crippen molar-refractivity contribution in [3.05, 3.63) is 33.5 Å². The van der Waals surface area contributed by atoms with Crippen LogP contribution in [0.1, 0.15) is 47.8 Å². The summed E-state index contributed by atoms with van der Waals surface area (Å²) in [5.74, 6) is 2.84. The van der Waals surface area contributed by atoms with Gasteiger partial charge in [0.25, 0.3) is 0 Å². The molecule has 5 nitrogen and oxygen atoms in total. The van der Waals surface area contributed by atoms with Crippen LogP contribution in [-0.2, 0) is 19.6 Å². The second kappa shape index (κ2) is 7.76. The Balaban J connectivity index is 1.62. The number of likely N-dealkylation sites (tertiary alicyclic amines) is 1. The van der Waals surface area contributed by atoms with Gasteiger partial charge in [-0.05, 0) is 70.9 Å². The molecule has 1 fully saturated rings. The highest BCUT2D eigenvalue weighted by molar-refractivity contribution is 7.10. The third-order valence-corrected chi connectivity index (χ3v) is 5.93. The fourth-order valence-corrected chi connectivity index (χ4v) is 4.46. The van der Waals surface area contributed by atoms with Crippen LogP contribution in [0.15, 0.2) is 11.4 Å². The van der Waals surface area contributed by atoms with E-state index in [0.717, 1.165) is 38.5 Å². The minimum absolute atomic E-state index is 0.550. The van der Waals surface area contributed by atoms with Crippen molar-refractivity contribution < 1.29 is 0 Å². The smallest absolute Gasteiger partial charge is 0.147 e. The number of rotatable bonds is 6. The van der Waals surface area contributed by atoms with Crippen molar-refractivity contribution in [3.63, 3.8) is 0 Å². The molecule has 132 valence electrons. The van der Waals surface area contributed by atoms with Crippen LogP contribution in [0.25, 0.3) is 0 Å². The van der Waals surface area contributed by atoms with Gasteiger partial charge in [-0.25, -0.2) is 0 Å². The lowest BCUT2D eigenvalue weighted by atomic mass is 9.95. The van der Waals surface area contributed by atoms with Crippen LogP contribution in [0.4, 0.5) is 0 Å². The molecule has 2 aromatic heterocycles. The van der Waals surface area contributed by atoms with Gasteiger partial charge in [-0.2, -0.15) is 0 Å². The van der Waals surface area contributed by atoms with Crippen molar-refractivity contribution in [2.75, 3.05) is 27.2 Å². The van der Waals surface area contributed by atoms with Crippen molar-refractivity contribution in [1.82, 2.24) is 24.6 Å². The monoisotopic (exact) mass is 347 g/mol. The first-order chi connectivity index (χ1) is 11.6. The Bertz CT molecular complexity index is 652. The zero-order valence-electron chi connectivity index (χ0n) is 15.3. The van der Waals surface area contributed by atoms with Crippen LogP contribution in [0, 0.1) is 6.92 Å². The topological polar surface area (TPSA) is 37.2 Å². The van der Waals surface area contributed by atoms with Crippen LogP contribution in [0.5, 0.6) is 0 Å². The minimum Gasteiger partial charge on any atom is -0.314 e. The Labute approximate surface area is 149 Å². The number of hydrogen-bond donors (Lipinski definition) is 0. The molecule has 0 atom stereocenters. The Morgan fingerprint density at radius 1 is 1.25 bits per heavy atom. The van der Waals surface area contributed by atoms with E-state index in [4.69, 9.17) is 0 Å². The molecule has 0 unspecified atom stereocenters. The van der Waals surface area contributed by atoms with E-state index in [1.54, 1.807) is 0 Å². The molecule has 3 rings (SSSR count). The largest absolute Gasteiger partial charge is 0.314 e. The maximum Gasteiger partial charge on any atom is 0.147 e. The van der Waals surface area contributed by atoms with E-state index < -0.39 is 0 Å². The predicted octanol–water partition coefficient (Wildman–Crippen LogP) is 3.11. The molecule has 0 aliphatic carbocycles. The Kier molecular flexibility index (Phi) is 5.69. The maximum absolute atomic E-state index is 4.55. The fourth-order valence-electron chi connectivity index (χ4n) is 3.51. The third kappa shape index (κ3) is 3.87. The lowest BCUT2D eigenvalue weighted by Crippen LogP contribution is -2.33. The molecule has 0 amide bonds. The number of thiophene rings is 1. The standard InChI is InChI=1S/C18H29N5S/c1-5-23-17(13-21(3)4)19-20-18(23)15-6-9-22(10-7-15)12-16-14(2)8-11-24-16/h8,11,15H,5-7,9-10,12-13H2,1-4H3. The summed E-state index contributed by atoms with van der Waals surface area (Å²) in [6.45, 7) is 9.64. The molecule has 6 heteroatoms. The lowest BCUT2D eigenvalue weighted by Gasteiger charge is -2.31. The molecule has 1 aliphatic heterocycles. The van der Waals surface area contributed by atoms with Gasteiger partial charge >= 0.3 is 0 Å². The first kappa shape index (κ1) is 17.6. The average Bonchev–Trinajstić information content (AvgIpc) is 3.14. The first-order valence-electron chi connectivity index (χ1n) is 8.90. The van der Waals surface area contributed by atoms with Crippen molar-refractivity contribution in [1.29, 1.82) is 0 Å². The highest BCUT2D eigenvalue weighted by Gasteiger charge is 2.26. The average molecular weight is 348 g/mol. The molecular formula is C18H29N5S. The highest BCUT2D eigenvalue weighted by Crippen LogP contribution is 2.29. The molecule has 0 bridgehead atoms. The van der Waals surface area contributed by atoms with Crippen LogP contribution in [-0.4, -0.2) is 51.7 Å². The molecule has 0 radical (unpaired) electrons. The van der Waals surface area contributed by atoms with Crippen molar-refractivity contribution in [2.45, 2.75) is 52.2 Å². The minimum atomic E-state index is 0.550. The summed E-state index contributed by atoms with van der Waals surface area (Å²) < 4.78 is 2.32. The molecule has 24 heavy (non-hydrogen) atoms. The quantitative estimate of drug-likeness (QED) is 0.805. The number of piperidine rings is 1. The third-order valence-electron chi connectivity index (χ3n) is 4.92. The molecule has 0 saturated carbocycles. The summed E-state index contributed by atoms with van der Waals surface area (Å²) in [7, 11) is 4.17. The van der Waals surface area contributed by atoms with Crippen LogP contribution in [0.3, 0.4) is 0 Å². The normalized spacial score (nSPS) is 17.0. The number of hydrogen-bond acceptors (Lipinski definition) is 5. The Morgan fingerprint density at radius 2 is 2.00 bits per heavy atom. The van der Waals surface area contributed by atoms with Crippen molar-refractivity contribution >= 4 is 11.3 Å². The van der Waals surface area contributed by atoms with E-state index in [1.807, 2.05) is 11.3 Å². The molecule has 0 N–H and O–H groups in total. The molecule has 2 aromatic rings. The van der Waals surface area contributed by atoms with Gasteiger partial charge < -0.3 is 9.47 Å². The summed E-state index contributed by atoms with van der Waals surface area (Å²) in [4.78, 5) is 6.26. The molecule has 1 aliphatic rings. The van der Waals surface area contributed by atoms with Crippen LogP contribution in [0.2, 0.25) is 0 Å². The summed E-state index contributed by atoms with van der Waals surface area (Å²) >= 11 is 1.88. The van der Waals surface area contributed by atoms with Crippen LogP contribution >= 0.6 is 11.3 Å². The first-order valence-corrected chi connectivity index (χ1v) is 9.78. The number of aromatic nitrogens is 3. The highest BCUT2D eigenvalue weighted by atomic mass is 32.1. The van der Waals surface area contributed by atoms with Gasteiger partial charge in [0.05, 0.1) is 6.54 Å². The van der Waals surface area contributed by atoms with Crippen molar-refractivity contribution in [2.24, 2.45) is 0 Å². The zero-order valence-corrected chi connectivity index (χ0v) is 16.1. The Morgan fingerprint density at radius 3 is 2.58 bits per heavy atom. The summed E-state index contributed by atoms with van der Waals surface area (Å²) in [6, 6.07) is 2.22. The second-order valence-corrected chi connectivity index (χ2v) is 8.03. The lowest BCUT2D eigenvalue weighted by molar-refractivity contribution is 0.201. The predicted molar refractivity (Wildman–Crippen MR) is 99.4 cm³/mol. The van der Waals surface area contributed by atoms with Crippen molar-refractivity contribution in [3.8, 4) is 0 Å². The zero-order chi connectivity index (χ0) is 17.1. The van der Waals surface area contributed by atoms with Gasteiger partial charge in [0, 0.05) is 23.9 Å². The summed E-state index contributed by atoms with van der Waals surface area (Å²) in [5, 5.41) is 11.2. The number of aryl methyl sites for hydroxylation is 1. The molecule has 0 spiro atoms. The van der Waals surface area contributed by atoms with E-state index in [0.29, 0.717) is 5.92 Å². The molecule has 1 saturated heterocycles. The van der Waals surface area contributed by atoms with E-state index in [9.17, 15) is 0 Å². The Hall–Kier alpha value is -1.24. The van der Waals surface area contributed by atoms with Gasteiger partial charge in [0.1, 0.15) is 11.6 Å². The SMILES string of the molecule is CCn1c(CN(C)C)nnc1C1CCN(Cc2sccc2C)CC1. The number of nitrogens with zero attached hydrogens (tertiary/aromatic N) is 5. The van der Waals surface area contributed by atoms with E-state index >= 15 is 0 Å². The van der Waals surface area contributed by atoms with Gasteiger partial charge in [-0.1, -0.05) is 0 Å². The summed E-state index contributed by atoms with van der Waals surface area (Å²) in [6.07, 6.45) is 2.37. The van der Waals surface area contributed by atoms with Gasteiger partial charge in [-0.15, -0.1) is 21.5 Å².